The first-order valence-corrected chi connectivity index (χ1v) is 7.40. The average molecular weight is 276 g/mol. The van der Waals surface area contributed by atoms with Gasteiger partial charge in [0.1, 0.15) is 0 Å². The van der Waals surface area contributed by atoms with Crippen molar-refractivity contribution < 1.29 is 9.90 Å². The molecule has 4 heteroatoms. The summed E-state index contributed by atoms with van der Waals surface area (Å²) in [6.45, 7) is 0.601. The second-order valence-corrected chi connectivity index (χ2v) is 5.70. The Balaban J connectivity index is 1.93. The highest BCUT2D eigenvalue weighted by Gasteiger charge is 2.30. The van der Waals surface area contributed by atoms with Crippen LogP contribution in [0.15, 0.2) is 30.3 Å². The molecule has 0 radical (unpaired) electrons. The molecule has 1 aliphatic rings. The van der Waals surface area contributed by atoms with Gasteiger partial charge in [0.15, 0.2) is 0 Å². The van der Waals surface area contributed by atoms with Crippen LogP contribution in [-0.4, -0.2) is 29.7 Å². The molecular weight excluding hydrogens is 252 g/mol. The van der Waals surface area contributed by atoms with Crippen molar-refractivity contribution in [1.82, 2.24) is 5.32 Å². The van der Waals surface area contributed by atoms with Gasteiger partial charge in [0.05, 0.1) is 11.5 Å². The van der Waals surface area contributed by atoms with E-state index in [1.54, 1.807) is 0 Å². The van der Waals surface area contributed by atoms with Crippen LogP contribution < -0.4 is 11.1 Å². The molecule has 0 heterocycles. The number of benzene rings is 1. The van der Waals surface area contributed by atoms with Gasteiger partial charge in [-0.3, -0.25) is 4.79 Å². The van der Waals surface area contributed by atoms with E-state index in [1.807, 2.05) is 30.3 Å². The molecule has 4 N–H and O–H groups in total. The quantitative estimate of drug-likeness (QED) is 0.763. The highest BCUT2D eigenvalue weighted by molar-refractivity contribution is 5.83. The molecule has 4 nitrogen and oxygen atoms in total. The number of amides is 1. The first-order valence-electron chi connectivity index (χ1n) is 7.40. The summed E-state index contributed by atoms with van der Waals surface area (Å²) in [6.07, 6.45) is 4.78. The van der Waals surface area contributed by atoms with Crippen molar-refractivity contribution in [3.05, 3.63) is 35.9 Å². The number of aliphatic hydroxyl groups is 1. The van der Waals surface area contributed by atoms with Crippen LogP contribution in [-0.2, 0) is 4.79 Å². The smallest absolute Gasteiger partial charge is 0.228 e. The van der Waals surface area contributed by atoms with E-state index >= 15 is 0 Å². The predicted molar refractivity (Wildman–Crippen MR) is 79.3 cm³/mol. The molecule has 0 aliphatic heterocycles. The summed E-state index contributed by atoms with van der Waals surface area (Å²) in [5.74, 6) is -0.443. The van der Waals surface area contributed by atoms with Crippen molar-refractivity contribution in [3.63, 3.8) is 0 Å². The first kappa shape index (κ1) is 15.0. The maximum absolute atomic E-state index is 12.3. The van der Waals surface area contributed by atoms with E-state index in [9.17, 15) is 9.90 Å². The number of carbonyl (C=O) groups is 1. The molecule has 1 atom stereocenters. The minimum atomic E-state index is -0.732. The maximum atomic E-state index is 12.3. The fourth-order valence-corrected chi connectivity index (χ4v) is 2.84. The molecule has 2 rings (SSSR count). The van der Waals surface area contributed by atoms with Crippen molar-refractivity contribution in [2.24, 2.45) is 5.73 Å². The molecule has 20 heavy (non-hydrogen) atoms. The summed E-state index contributed by atoms with van der Waals surface area (Å²) >= 11 is 0. The second kappa shape index (κ2) is 6.86. The zero-order chi connectivity index (χ0) is 14.4. The summed E-state index contributed by atoms with van der Waals surface area (Å²) in [6, 6.07) is 9.54. The van der Waals surface area contributed by atoms with Crippen LogP contribution in [0.3, 0.4) is 0 Å². The number of nitrogens with two attached hydrogens (primary N) is 1. The van der Waals surface area contributed by atoms with E-state index in [-0.39, 0.29) is 18.4 Å². The Morgan fingerprint density at radius 3 is 2.50 bits per heavy atom. The van der Waals surface area contributed by atoms with Crippen molar-refractivity contribution in [3.8, 4) is 0 Å². The van der Waals surface area contributed by atoms with E-state index in [0.717, 1.165) is 31.2 Å². The summed E-state index contributed by atoms with van der Waals surface area (Å²) in [5.41, 5.74) is 5.91. The Bertz CT molecular complexity index is 427. The summed E-state index contributed by atoms with van der Waals surface area (Å²) < 4.78 is 0. The van der Waals surface area contributed by atoms with Crippen LogP contribution in [0.2, 0.25) is 0 Å². The molecule has 1 aromatic carbocycles. The van der Waals surface area contributed by atoms with Crippen molar-refractivity contribution in [2.45, 2.75) is 43.6 Å². The standard InChI is InChI=1S/C16H24N2O2/c17-11-14(13-7-3-1-4-8-13)15(19)18-12-16(20)9-5-2-6-10-16/h1,3-4,7-8,14,20H,2,5-6,9-12,17H2,(H,18,19). The monoisotopic (exact) mass is 276 g/mol. The van der Waals surface area contributed by atoms with E-state index in [4.69, 9.17) is 5.73 Å². The lowest BCUT2D eigenvalue weighted by atomic mass is 9.84. The van der Waals surface area contributed by atoms with Crippen LogP contribution in [0, 0.1) is 0 Å². The van der Waals surface area contributed by atoms with Gasteiger partial charge in [-0.25, -0.2) is 0 Å². The fraction of sp³-hybridized carbons (Fsp3) is 0.562. The van der Waals surface area contributed by atoms with Crippen molar-refractivity contribution in [2.75, 3.05) is 13.1 Å². The third-order valence-electron chi connectivity index (χ3n) is 4.13. The molecule has 0 spiro atoms. The lowest BCUT2D eigenvalue weighted by Gasteiger charge is -2.32. The molecule has 110 valence electrons. The van der Waals surface area contributed by atoms with Gasteiger partial charge in [0.25, 0.3) is 0 Å². The SMILES string of the molecule is NCC(C(=O)NCC1(O)CCCCC1)c1ccccc1. The van der Waals surface area contributed by atoms with Crippen molar-refractivity contribution >= 4 is 5.91 Å². The largest absolute Gasteiger partial charge is 0.388 e. The Morgan fingerprint density at radius 2 is 1.90 bits per heavy atom. The molecule has 1 saturated carbocycles. The molecule has 1 unspecified atom stereocenters. The Hall–Kier alpha value is -1.39. The zero-order valence-electron chi connectivity index (χ0n) is 11.8. The van der Waals surface area contributed by atoms with Gasteiger partial charge in [-0.15, -0.1) is 0 Å². The maximum Gasteiger partial charge on any atom is 0.228 e. The molecule has 1 fully saturated rings. The average Bonchev–Trinajstić information content (AvgIpc) is 2.48. The Morgan fingerprint density at radius 1 is 1.25 bits per heavy atom. The third kappa shape index (κ3) is 3.81. The molecule has 0 aromatic heterocycles. The van der Waals surface area contributed by atoms with E-state index in [0.29, 0.717) is 6.54 Å². The van der Waals surface area contributed by atoms with E-state index in [2.05, 4.69) is 5.32 Å². The minimum absolute atomic E-state index is 0.0994. The highest BCUT2D eigenvalue weighted by Crippen LogP contribution is 2.27. The molecule has 1 aliphatic carbocycles. The lowest BCUT2D eigenvalue weighted by Crippen LogP contribution is -2.46. The summed E-state index contributed by atoms with van der Waals surface area (Å²) in [4.78, 5) is 12.3. The van der Waals surface area contributed by atoms with E-state index < -0.39 is 5.60 Å². The number of hydrogen-bond donors (Lipinski definition) is 3. The molecule has 0 bridgehead atoms. The van der Waals surface area contributed by atoms with Gasteiger partial charge in [0, 0.05) is 13.1 Å². The number of hydrogen-bond acceptors (Lipinski definition) is 3. The highest BCUT2D eigenvalue weighted by atomic mass is 16.3. The normalized spacial score (nSPS) is 19.3. The summed E-state index contributed by atoms with van der Waals surface area (Å²) in [5, 5.41) is 13.3. The number of rotatable bonds is 5. The minimum Gasteiger partial charge on any atom is -0.388 e. The molecular formula is C16H24N2O2. The lowest BCUT2D eigenvalue weighted by molar-refractivity contribution is -0.124. The first-order chi connectivity index (χ1) is 9.64. The van der Waals surface area contributed by atoms with Crippen LogP contribution >= 0.6 is 0 Å². The predicted octanol–water partition coefficient (Wildman–Crippen LogP) is 1.54. The number of nitrogens with one attached hydrogen (secondary N) is 1. The van der Waals surface area contributed by atoms with Crippen LogP contribution in [0.25, 0.3) is 0 Å². The van der Waals surface area contributed by atoms with Gasteiger partial charge in [0.2, 0.25) is 5.91 Å². The van der Waals surface area contributed by atoms with E-state index in [1.165, 1.54) is 6.42 Å². The Labute approximate surface area is 120 Å². The van der Waals surface area contributed by atoms with Gasteiger partial charge < -0.3 is 16.2 Å². The topological polar surface area (TPSA) is 75.4 Å². The van der Waals surface area contributed by atoms with Gasteiger partial charge >= 0.3 is 0 Å². The Kier molecular flexibility index (Phi) is 5.15. The van der Waals surface area contributed by atoms with Crippen LogP contribution in [0.4, 0.5) is 0 Å². The number of carbonyl (C=O) groups excluding carboxylic acids is 1. The van der Waals surface area contributed by atoms with Crippen molar-refractivity contribution in [1.29, 1.82) is 0 Å². The zero-order valence-corrected chi connectivity index (χ0v) is 11.8. The summed E-state index contributed by atoms with van der Waals surface area (Å²) in [7, 11) is 0. The molecule has 0 saturated heterocycles. The second-order valence-electron chi connectivity index (χ2n) is 5.70. The van der Waals surface area contributed by atoms with Crippen LogP contribution in [0.1, 0.15) is 43.6 Å². The molecule has 1 amide bonds. The van der Waals surface area contributed by atoms with Gasteiger partial charge in [-0.2, -0.15) is 0 Å². The van der Waals surface area contributed by atoms with Gasteiger partial charge in [-0.05, 0) is 18.4 Å². The van der Waals surface area contributed by atoms with Crippen LogP contribution in [0.5, 0.6) is 0 Å². The van der Waals surface area contributed by atoms with Gasteiger partial charge in [-0.1, -0.05) is 49.6 Å². The fourth-order valence-electron chi connectivity index (χ4n) is 2.84. The third-order valence-corrected chi connectivity index (χ3v) is 4.13. The molecule has 1 aromatic rings.